The lowest BCUT2D eigenvalue weighted by molar-refractivity contribution is 0.0902. The number of fused-ring (bicyclic) bond motifs is 1. The molecule has 124 valence electrons. The number of benzene rings is 1. The van der Waals surface area contributed by atoms with Crippen LogP contribution < -0.4 is 19.7 Å². The van der Waals surface area contributed by atoms with Crippen LogP contribution in [0, 0.1) is 6.92 Å². The van der Waals surface area contributed by atoms with Gasteiger partial charge in [-0.1, -0.05) is 12.1 Å². The van der Waals surface area contributed by atoms with Crippen molar-refractivity contribution in [2.45, 2.75) is 19.6 Å². The summed E-state index contributed by atoms with van der Waals surface area (Å²) in [5, 5.41) is 7.97. The van der Waals surface area contributed by atoms with Crippen LogP contribution in [0.4, 0.5) is 5.82 Å². The van der Waals surface area contributed by atoms with Gasteiger partial charge in [-0.15, -0.1) is 0 Å². The molecule has 2 heterocycles. The lowest BCUT2D eigenvalue weighted by Crippen LogP contribution is -2.38. The van der Waals surface area contributed by atoms with E-state index in [-0.39, 0.29) is 6.10 Å². The molecule has 0 bridgehead atoms. The van der Waals surface area contributed by atoms with E-state index < -0.39 is 0 Å². The lowest BCUT2D eigenvalue weighted by atomic mass is 10.2. The highest BCUT2D eigenvalue weighted by molar-refractivity contribution is 5.48. The van der Waals surface area contributed by atoms with Gasteiger partial charge in [-0.3, -0.25) is 4.68 Å². The van der Waals surface area contributed by atoms with Gasteiger partial charge in [-0.05, 0) is 19.1 Å². The molecule has 0 radical (unpaired) electrons. The van der Waals surface area contributed by atoms with E-state index in [9.17, 15) is 0 Å². The zero-order valence-corrected chi connectivity index (χ0v) is 14.2. The number of hydrogen-bond donors (Lipinski definition) is 1. The van der Waals surface area contributed by atoms with Gasteiger partial charge >= 0.3 is 0 Å². The van der Waals surface area contributed by atoms with Crippen LogP contribution >= 0.6 is 0 Å². The molecule has 1 aliphatic rings. The Morgan fingerprint density at radius 2 is 2.04 bits per heavy atom. The average molecular weight is 316 g/mol. The second-order valence-corrected chi connectivity index (χ2v) is 6.03. The maximum Gasteiger partial charge on any atom is 0.161 e. The Balaban J connectivity index is 1.59. The van der Waals surface area contributed by atoms with Gasteiger partial charge in [0, 0.05) is 39.8 Å². The Bertz CT molecular complexity index is 681. The number of aryl methyl sites for hydroxylation is 2. The van der Waals surface area contributed by atoms with Crippen molar-refractivity contribution in [3.63, 3.8) is 0 Å². The Morgan fingerprint density at radius 3 is 2.78 bits per heavy atom. The highest BCUT2D eigenvalue weighted by Gasteiger charge is 2.21. The van der Waals surface area contributed by atoms with Gasteiger partial charge in [0.15, 0.2) is 11.5 Å². The van der Waals surface area contributed by atoms with Crippen molar-refractivity contribution >= 4 is 5.82 Å². The van der Waals surface area contributed by atoms with Crippen LogP contribution in [0.25, 0.3) is 0 Å². The predicted octanol–water partition coefficient (Wildman–Crippen LogP) is 1.72. The van der Waals surface area contributed by atoms with Crippen molar-refractivity contribution in [2.75, 3.05) is 32.1 Å². The van der Waals surface area contributed by atoms with Crippen LogP contribution in [0.3, 0.4) is 0 Å². The number of rotatable bonds is 5. The topological polar surface area (TPSA) is 51.6 Å². The van der Waals surface area contributed by atoms with Gasteiger partial charge < -0.3 is 19.7 Å². The van der Waals surface area contributed by atoms with E-state index in [4.69, 9.17) is 9.47 Å². The Kier molecular flexibility index (Phi) is 4.43. The molecule has 3 rings (SSSR count). The summed E-state index contributed by atoms with van der Waals surface area (Å²) in [6, 6.07) is 7.79. The second-order valence-electron chi connectivity index (χ2n) is 6.03. The fourth-order valence-electron chi connectivity index (χ4n) is 2.98. The lowest BCUT2D eigenvalue weighted by Gasteiger charge is -2.26. The summed E-state index contributed by atoms with van der Waals surface area (Å²) in [7, 11) is 6.05. The number of ether oxygens (including phenoxy) is 2. The van der Waals surface area contributed by atoms with Crippen LogP contribution in [0.5, 0.6) is 11.5 Å². The van der Waals surface area contributed by atoms with Crippen LogP contribution in [0.2, 0.25) is 0 Å². The molecule has 6 heteroatoms. The van der Waals surface area contributed by atoms with Crippen molar-refractivity contribution in [3.8, 4) is 11.5 Å². The molecule has 0 spiro atoms. The monoisotopic (exact) mass is 316 g/mol. The largest absolute Gasteiger partial charge is 0.486 e. The SMILES string of the molecule is Cc1nn(C)c(N(C)C)c1CNC[C@@H]1COc2ccccc2O1. The summed E-state index contributed by atoms with van der Waals surface area (Å²) in [6.45, 7) is 4.10. The fraction of sp³-hybridized carbons (Fsp3) is 0.471. The Morgan fingerprint density at radius 1 is 1.30 bits per heavy atom. The zero-order valence-electron chi connectivity index (χ0n) is 14.2. The molecule has 1 atom stereocenters. The van der Waals surface area contributed by atoms with Gasteiger partial charge in [0.05, 0.1) is 5.69 Å². The van der Waals surface area contributed by atoms with Crippen LogP contribution in [-0.2, 0) is 13.6 Å². The highest BCUT2D eigenvalue weighted by atomic mass is 16.6. The number of nitrogens with one attached hydrogen (secondary N) is 1. The maximum absolute atomic E-state index is 5.96. The molecule has 1 aliphatic heterocycles. The highest BCUT2D eigenvalue weighted by Crippen LogP contribution is 2.30. The molecule has 0 saturated carbocycles. The zero-order chi connectivity index (χ0) is 16.4. The average Bonchev–Trinajstić information content (AvgIpc) is 2.81. The first-order valence-electron chi connectivity index (χ1n) is 7.85. The second kappa shape index (κ2) is 6.50. The van der Waals surface area contributed by atoms with Gasteiger partial charge in [0.2, 0.25) is 0 Å². The molecule has 23 heavy (non-hydrogen) atoms. The number of hydrogen-bond acceptors (Lipinski definition) is 5. The molecule has 2 aromatic rings. The Hall–Kier alpha value is -2.21. The summed E-state index contributed by atoms with van der Waals surface area (Å²) in [4.78, 5) is 2.09. The van der Waals surface area contributed by atoms with Gasteiger partial charge in [0.25, 0.3) is 0 Å². The van der Waals surface area contributed by atoms with E-state index in [0.717, 1.165) is 36.1 Å². The third-order valence-electron chi connectivity index (χ3n) is 3.98. The van der Waals surface area contributed by atoms with Crippen molar-refractivity contribution in [1.82, 2.24) is 15.1 Å². The van der Waals surface area contributed by atoms with Crippen molar-refractivity contribution in [2.24, 2.45) is 7.05 Å². The molecule has 0 aliphatic carbocycles. The molecule has 1 N–H and O–H groups in total. The molecule has 0 unspecified atom stereocenters. The van der Waals surface area contributed by atoms with Crippen molar-refractivity contribution in [3.05, 3.63) is 35.5 Å². The van der Waals surface area contributed by atoms with Crippen molar-refractivity contribution in [1.29, 1.82) is 0 Å². The fourth-order valence-corrected chi connectivity index (χ4v) is 2.98. The van der Waals surface area contributed by atoms with E-state index in [1.54, 1.807) is 0 Å². The number of aromatic nitrogens is 2. The first-order chi connectivity index (χ1) is 11.1. The molecule has 0 amide bonds. The maximum atomic E-state index is 5.96. The van der Waals surface area contributed by atoms with E-state index in [1.165, 1.54) is 5.56 Å². The summed E-state index contributed by atoms with van der Waals surface area (Å²) in [5.41, 5.74) is 2.27. The van der Waals surface area contributed by atoms with E-state index in [2.05, 4.69) is 15.3 Å². The van der Waals surface area contributed by atoms with Gasteiger partial charge in [-0.2, -0.15) is 5.10 Å². The van der Waals surface area contributed by atoms with Crippen LogP contribution in [0.1, 0.15) is 11.3 Å². The number of anilines is 1. The van der Waals surface area contributed by atoms with Gasteiger partial charge in [0.1, 0.15) is 18.5 Å². The first kappa shape index (κ1) is 15.7. The first-order valence-corrected chi connectivity index (χ1v) is 7.85. The minimum Gasteiger partial charge on any atom is -0.486 e. The van der Waals surface area contributed by atoms with Crippen LogP contribution in [-0.4, -0.2) is 43.1 Å². The van der Waals surface area contributed by atoms with E-state index in [0.29, 0.717) is 6.61 Å². The number of nitrogens with zero attached hydrogens (tertiary/aromatic N) is 3. The van der Waals surface area contributed by atoms with Crippen LogP contribution in [0.15, 0.2) is 24.3 Å². The number of para-hydroxylation sites is 2. The third kappa shape index (κ3) is 3.27. The molecule has 1 aromatic heterocycles. The molecule has 0 fully saturated rings. The normalized spacial score (nSPS) is 16.4. The smallest absolute Gasteiger partial charge is 0.161 e. The summed E-state index contributed by atoms with van der Waals surface area (Å²) >= 11 is 0. The van der Waals surface area contributed by atoms with E-state index >= 15 is 0 Å². The summed E-state index contributed by atoms with van der Waals surface area (Å²) in [5.74, 6) is 2.76. The molecule has 0 saturated heterocycles. The Labute approximate surface area is 137 Å². The standard InChI is InChI=1S/C17H24N4O2/c1-12-14(17(20(2)3)21(4)19-12)10-18-9-13-11-22-15-7-5-6-8-16(15)23-13/h5-8,13,18H,9-11H2,1-4H3/t13-/m1/s1. The molecule has 1 aromatic carbocycles. The van der Waals surface area contributed by atoms with Gasteiger partial charge in [-0.25, -0.2) is 0 Å². The molecular formula is C17H24N4O2. The quantitative estimate of drug-likeness (QED) is 0.910. The minimum absolute atomic E-state index is 0.0182. The summed E-state index contributed by atoms with van der Waals surface area (Å²) in [6.07, 6.45) is 0.0182. The van der Waals surface area contributed by atoms with E-state index in [1.807, 2.05) is 57.0 Å². The molecule has 6 nitrogen and oxygen atoms in total. The van der Waals surface area contributed by atoms with Crippen molar-refractivity contribution < 1.29 is 9.47 Å². The predicted molar refractivity (Wildman–Crippen MR) is 90.3 cm³/mol. The third-order valence-corrected chi connectivity index (χ3v) is 3.98. The molecular weight excluding hydrogens is 292 g/mol. The summed E-state index contributed by atoms with van der Waals surface area (Å²) < 4.78 is 13.6. The minimum atomic E-state index is 0.0182.